The predicted octanol–water partition coefficient (Wildman–Crippen LogP) is 3.30. The van der Waals surface area contributed by atoms with Gasteiger partial charge >= 0.3 is 0 Å². The van der Waals surface area contributed by atoms with Gasteiger partial charge in [-0.25, -0.2) is 0 Å². The topological polar surface area (TPSA) is 73.6 Å². The number of nitrogens with two attached hydrogens (primary N) is 1. The van der Waals surface area contributed by atoms with Crippen molar-refractivity contribution >= 4 is 33.2 Å². The smallest absolute Gasteiger partial charge is 0.257 e. The first-order chi connectivity index (χ1) is 10.1. The van der Waals surface area contributed by atoms with Crippen molar-refractivity contribution in [2.24, 2.45) is 0 Å². The molecule has 0 aliphatic rings. The maximum absolute atomic E-state index is 12.3. The molecule has 0 bridgehead atoms. The third-order valence-corrected chi connectivity index (χ3v) is 3.64. The van der Waals surface area contributed by atoms with Gasteiger partial charge in [-0.05, 0) is 40.2 Å². The molecule has 6 heteroatoms. The first-order valence-corrected chi connectivity index (χ1v) is 6.93. The van der Waals surface area contributed by atoms with Crippen LogP contribution in [0.5, 0.6) is 11.5 Å². The molecule has 0 aromatic heterocycles. The summed E-state index contributed by atoms with van der Waals surface area (Å²) in [6.07, 6.45) is 0. The van der Waals surface area contributed by atoms with Crippen molar-refractivity contribution in [2.75, 3.05) is 25.3 Å². The minimum absolute atomic E-state index is 0.302. The fraction of sp³-hybridized carbons (Fsp3) is 0.133. The Labute approximate surface area is 131 Å². The minimum Gasteiger partial charge on any atom is -0.497 e. The van der Waals surface area contributed by atoms with E-state index in [1.54, 1.807) is 43.5 Å². The Morgan fingerprint density at radius 3 is 2.62 bits per heavy atom. The second-order valence-corrected chi connectivity index (χ2v) is 5.08. The number of halogens is 1. The van der Waals surface area contributed by atoms with Crippen LogP contribution in [0, 0.1) is 0 Å². The van der Waals surface area contributed by atoms with E-state index in [2.05, 4.69) is 21.2 Å². The lowest BCUT2D eigenvalue weighted by molar-refractivity contribution is 0.102. The van der Waals surface area contributed by atoms with E-state index in [9.17, 15) is 4.79 Å². The molecule has 2 rings (SSSR count). The van der Waals surface area contributed by atoms with Crippen molar-refractivity contribution in [2.45, 2.75) is 0 Å². The highest BCUT2D eigenvalue weighted by atomic mass is 79.9. The zero-order valence-corrected chi connectivity index (χ0v) is 13.2. The van der Waals surface area contributed by atoms with E-state index < -0.39 is 0 Å². The van der Waals surface area contributed by atoms with Gasteiger partial charge in [0.15, 0.2) is 0 Å². The second-order valence-electron chi connectivity index (χ2n) is 4.22. The Balaban J connectivity index is 2.30. The lowest BCUT2D eigenvalue weighted by Crippen LogP contribution is -2.15. The third-order valence-electron chi connectivity index (χ3n) is 2.95. The summed E-state index contributed by atoms with van der Waals surface area (Å²) >= 11 is 3.38. The summed E-state index contributed by atoms with van der Waals surface area (Å²) in [5, 5.41) is 2.79. The third kappa shape index (κ3) is 3.28. The Morgan fingerprint density at radius 1 is 1.19 bits per heavy atom. The zero-order chi connectivity index (χ0) is 15.4. The van der Waals surface area contributed by atoms with Crippen molar-refractivity contribution in [3.63, 3.8) is 0 Å². The molecule has 0 aliphatic heterocycles. The monoisotopic (exact) mass is 350 g/mol. The van der Waals surface area contributed by atoms with E-state index in [0.29, 0.717) is 28.4 Å². The Morgan fingerprint density at radius 2 is 1.95 bits per heavy atom. The molecule has 0 heterocycles. The molecule has 2 aromatic rings. The summed E-state index contributed by atoms with van der Waals surface area (Å²) in [4.78, 5) is 12.3. The molecule has 0 saturated carbocycles. The van der Waals surface area contributed by atoms with Gasteiger partial charge in [0.25, 0.3) is 5.91 Å². The number of amides is 1. The van der Waals surface area contributed by atoms with Crippen molar-refractivity contribution in [3.8, 4) is 11.5 Å². The van der Waals surface area contributed by atoms with Crippen LogP contribution in [0.25, 0.3) is 0 Å². The number of ether oxygens (including phenoxy) is 2. The van der Waals surface area contributed by atoms with Crippen LogP contribution in [0.1, 0.15) is 10.4 Å². The van der Waals surface area contributed by atoms with Gasteiger partial charge in [0.05, 0.1) is 31.2 Å². The van der Waals surface area contributed by atoms with E-state index in [0.717, 1.165) is 4.47 Å². The summed E-state index contributed by atoms with van der Waals surface area (Å²) in [5.74, 6) is 0.792. The molecule has 5 nitrogen and oxygen atoms in total. The summed E-state index contributed by atoms with van der Waals surface area (Å²) in [6, 6.07) is 10.4. The van der Waals surface area contributed by atoms with E-state index >= 15 is 0 Å². The lowest BCUT2D eigenvalue weighted by Gasteiger charge is -2.12. The van der Waals surface area contributed by atoms with Crippen LogP contribution in [-0.4, -0.2) is 20.1 Å². The number of rotatable bonds is 4. The fourth-order valence-electron chi connectivity index (χ4n) is 1.84. The fourth-order valence-corrected chi connectivity index (χ4v) is 2.18. The maximum atomic E-state index is 12.3. The largest absolute Gasteiger partial charge is 0.497 e. The van der Waals surface area contributed by atoms with Gasteiger partial charge in [0, 0.05) is 10.5 Å². The number of benzene rings is 2. The average Bonchev–Trinajstić information content (AvgIpc) is 2.49. The van der Waals surface area contributed by atoms with Crippen molar-refractivity contribution < 1.29 is 14.3 Å². The summed E-state index contributed by atoms with van der Waals surface area (Å²) < 4.78 is 11.0. The number of methoxy groups -OCH3 is 2. The molecule has 2 aromatic carbocycles. The van der Waals surface area contributed by atoms with Gasteiger partial charge in [0.1, 0.15) is 11.5 Å². The number of nitrogen functional groups attached to an aromatic ring is 1. The number of nitrogens with one attached hydrogen (secondary N) is 1. The van der Waals surface area contributed by atoms with E-state index in [4.69, 9.17) is 15.2 Å². The first-order valence-electron chi connectivity index (χ1n) is 6.14. The highest BCUT2D eigenvalue weighted by Crippen LogP contribution is 2.29. The maximum Gasteiger partial charge on any atom is 0.257 e. The Kier molecular flexibility index (Phi) is 4.70. The van der Waals surface area contributed by atoms with Gasteiger partial charge < -0.3 is 20.5 Å². The normalized spacial score (nSPS) is 10.0. The van der Waals surface area contributed by atoms with Crippen LogP contribution < -0.4 is 20.5 Å². The molecule has 0 unspecified atom stereocenters. The van der Waals surface area contributed by atoms with Crippen LogP contribution >= 0.6 is 15.9 Å². The van der Waals surface area contributed by atoms with Crippen LogP contribution in [-0.2, 0) is 0 Å². The van der Waals surface area contributed by atoms with Crippen molar-refractivity contribution in [1.29, 1.82) is 0 Å². The van der Waals surface area contributed by atoms with Gasteiger partial charge in [-0.3, -0.25) is 4.79 Å². The molecule has 0 atom stereocenters. The highest BCUT2D eigenvalue weighted by molar-refractivity contribution is 9.10. The number of carbonyl (C=O) groups is 1. The Hall–Kier alpha value is -2.21. The van der Waals surface area contributed by atoms with Gasteiger partial charge in [-0.1, -0.05) is 6.07 Å². The standard InChI is InChI=1S/C15H15BrN2O3/c1-20-9-6-7-11(16)12(8-9)18-15(19)10-4-3-5-13(21-2)14(10)17/h3-8H,17H2,1-2H3,(H,18,19). The molecule has 1 amide bonds. The van der Waals surface area contributed by atoms with Gasteiger partial charge in [0.2, 0.25) is 0 Å². The molecule has 0 fully saturated rings. The first kappa shape index (κ1) is 15.2. The summed E-state index contributed by atoms with van der Waals surface area (Å²) in [6.45, 7) is 0. The molecule has 0 radical (unpaired) electrons. The van der Waals surface area contributed by atoms with Crippen molar-refractivity contribution in [3.05, 3.63) is 46.4 Å². The average molecular weight is 351 g/mol. The molecule has 3 N–H and O–H groups in total. The predicted molar refractivity (Wildman–Crippen MR) is 86.1 cm³/mol. The molecule has 0 aliphatic carbocycles. The van der Waals surface area contributed by atoms with Crippen LogP contribution in [0.15, 0.2) is 40.9 Å². The second kappa shape index (κ2) is 6.49. The summed E-state index contributed by atoms with van der Waals surface area (Å²) in [7, 11) is 3.07. The SMILES string of the molecule is COc1ccc(Br)c(NC(=O)c2cccc(OC)c2N)c1. The Bertz CT molecular complexity index is 674. The molecule has 21 heavy (non-hydrogen) atoms. The zero-order valence-electron chi connectivity index (χ0n) is 11.6. The van der Waals surface area contributed by atoms with E-state index in [1.165, 1.54) is 7.11 Å². The molecule has 0 saturated heterocycles. The minimum atomic E-state index is -0.319. The van der Waals surface area contributed by atoms with Gasteiger partial charge in [-0.2, -0.15) is 0 Å². The highest BCUT2D eigenvalue weighted by Gasteiger charge is 2.14. The number of para-hydroxylation sites is 1. The molecule has 110 valence electrons. The molecular weight excluding hydrogens is 336 g/mol. The number of hydrogen-bond donors (Lipinski definition) is 2. The lowest BCUT2D eigenvalue weighted by atomic mass is 10.1. The quantitative estimate of drug-likeness (QED) is 0.829. The van der Waals surface area contributed by atoms with Gasteiger partial charge in [-0.15, -0.1) is 0 Å². The van der Waals surface area contributed by atoms with E-state index in [-0.39, 0.29) is 5.91 Å². The number of hydrogen-bond acceptors (Lipinski definition) is 4. The molecular formula is C15H15BrN2O3. The van der Waals surface area contributed by atoms with Crippen LogP contribution in [0.3, 0.4) is 0 Å². The number of carbonyl (C=O) groups excluding carboxylic acids is 1. The van der Waals surface area contributed by atoms with E-state index in [1.807, 2.05) is 0 Å². The van der Waals surface area contributed by atoms with Crippen molar-refractivity contribution in [1.82, 2.24) is 0 Å². The van der Waals surface area contributed by atoms with Crippen LogP contribution in [0.4, 0.5) is 11.4 Å². The molecule has 0 spiro atoms. The van der Waals surface area contributed by atoms with Crippen LogP contribution in [0.2, 0.25) is 0 Å². The number of anilines is 2. The summed E-state index contributed by atoms with van der Waals surface area (Å²) in [5.41, 5.74) is 7.17.